The average molecular weight is 229 g/mol. The van der Waals surface area contributed by atoms with Gasteiger partial charge in [-0.2, -0.15) is 0 Å². The molecule has 4 heteroatoms. The van der Waals surface area contributed by atoms with Crippen molar-refractivity contribution in [3.05, 3.63) is 0 Å². The largest absolute Gasteiger partial charge is 0.354 e. The van der Waals surface area contributed by atoms with Crippen LogP contribution < -0.4 is 11.1 Å². The van der Waals surface area contributed by atoms with Crippen LogP contribution in [-0.2, 0) is 4.79 Å². The Kier molecular flexibility index (Phi) is 5.97. The van der Waals surface area contributed by atoms with Crippen LogP contribution in [0.4, 0.5) is 0 Å². The van der Waals surface area contributed by atoms with Gasteiger partial charge in [0.2, 0.25) is 5.91 Å². The standard InChI is InChI=1S/C12H27N3O/c1-9(2)10(13)11(16)14-7-12(3,4)8-15(5)6/h9-10H,7-8,13H2,1-6H3,(H,14,16)/t10-/m0/s1. The second kappa shape index (κ2) is 6.21. The molecule has 0 saturated carbocycles. The minimum absolute atomic E-state index is 0.0539. The van der Waals surface area contributed by atoms with Gasteiger partial charge in [0.15, 0.2) is 0 Å². The molecule has 16 heavy (non-hydrogen) atoms. The Balaban J connectivity index is 4.09. The number of nitrogens with two attached hydrogens (primary N) is 1. The number of hydrogen-bond donors (Lipinski definition) is 2. The quantitative estimate of drug-likeness (QED) is 0.704. The van der Waals surface area contributed by atoms with E-state index in [2.05, 4.69) is 24.1 Å². The topological polar surface area (TPSA) is 58.4 Å². The van der Waals surface area contributed by atoms with Gasteiger partial charge < -0.3 is 16.0 Å². The van der Waals surface area contributed by atoms with Crippen LogP contribution in [0.15, 0.2) is 0 Å². The number of carbonyl (C=O) groups is 1. The zero-order chi connectivity index (χ0) is 12.9. The lowest BCUT2D eigenvalue weighted by Gasteiger charge is -2.29. The van der Waals surface area contributed by atoms with Gasteiger partial charge in [0.05, 0.1) is 6.04 Å². The highest BCUT2D eigenvalue weighted by molar-refractivity contribution is 5.81. The first-order valence-corrected chi connectivity index (χ1v) is 5.84. The van der Waals surface area contributed by atoms with E-state index in [0.717, 1.165) is 6.54 Å². The molecule has 0 rings (SSSR count). The number of carbonyl (C=O) groups excluding carboxylic acids is 1. The Hall–Kier alpha value is -0.610. The summed E-state index contributed by atoms with van der Waals surface area (Å²) >= 11 is 0. The molecule has 0 aliphatic heterocycles. The van der Waals surface area contributed by atoms with Crippen LogP contribution in [0, 0.1) is 11.3 Å². The van der Waals surface area contributed by atoms with Crippen LogP contribution in [0.5, 0.6) is 0 Å². The van der Waals surface area contributed by atoms with Crippen molar-refractivity contribution in [3.63, 3.8) is 0 Å². The molecule has 0 spiro atoms. The maximum Gasteiger partial charge on any atom is 0.237 e. The second-order valence-electron chi connectivity index (χ2n) is 5.89. The fourth-order valence-corrected chi connectivity index (χ4v) is 1.66. The van der Waals surface area contributed by atoms with Crippen LogP contribution in [-0.4, -0.2) is 44.0 Å². The van der Waals surface area contributed by atoms with Crippen molar-refractivity contribution < 1.29 is 4.79 Å². The predicted octanol–water partition coefficient (Wildman–Crippen LogP) is 0.674. The number of hydrogen-bond acceptors (Lipinski definition) is 3. The number of rotatable bonds is 6. The summed E-state index contributed by atoms with van der Waals surface area (Å²) < 4.78 is 0. The van der Waals surface area contributed by atoms with Crippen LogP contribution in [0.25, 0.3) is 0 Å². The minimum atomic E-state index is -0.407. The summed E-state index contributed by atoms with van der Waals surface area (Å²) in [6, 6.07) is -0.407. The molecule has 0 aliphatic rings. The Labute approximate surface area is 99.6 Å². The molecule has 1 atom stereocenters. The van der Waals surface area contributed by atoms with E-state index in [1.807, 2.05) is 27.9 Å². The molecule has 0 aromatic carbocycles. The van der Waals surface area contributed by atoms with E-state index in [4.69, 9.17) is 5.73 Å². The van der Waals surface area contributed by atoms with Gasteiger partial charge >= 0.3 is 0 Å². The third-order valence-electron chi connectivity index (χ3n) is 2.51. The van der Waals surface area contributed by atoms with Crippen molar-refractivity contribution in [2.45, 2.75) is 33.7 Å². The molecule has 0 radical (unpaired) electrons. The lowest BCUT2D eigenvalue weighted by atomic mass is 9.92. The molecule has 0 fully saturated rings. The normalized spacial score (nSPS) is 14.3. The fourth-order valence-electron chi connectivity index (χ4n) is 1.66. The Morgan fingerprint density at radius 3 is 2.25 bits per heavy atom. The van der Waals surface area contributed by atoms with Gasteiger partial charge in [0, 0.05) is 13.1 Å². The highest BCUT2D eigenvalue weighted by atomic mass is 16.2. The van der Waals surface area contributed by atoms with Gasteiger partial charge in [-0.15, -0.1) is 0 Å². The lowest BCUT2D eigenvalue weighted by molar-refractivity contribution is -0.123. The summed E-state index contributed by atoms with van der Waals surface area (Å²) in [4.78, 5) is 13.8. The van der Waals surface area contributed by atoms with Gasteiger partial charge in [-0.3, -0.25) is 4.79 Å². The first-order valence-electron chi connectivity index (χ1n) is 5.84. The van der Waals surface area contributed by atoms with Gasteiger partial charge in [-0.25, -0.2) is 0 Å². The van der Waals surface area contributed by atoms with Gasteiger partial charge in [-0.1, -0.05) is 27.7 Å². The molecular weight excluding hydrogens is 202 g/mol. The zero-order valence-corrected chi connectivity index (χ0v) is 11.5. The summed E-state index contributed by atoms with van der Waals surface area (Å²) in [6.07, 6.45) is 0. The fraction of sp³-hybridized carbons (Fsp3) is 0.917. The second-order valence-corrected chi connectivity index (χ2v) is 5.89. The maximum atomic E-state index is 11.7. The van der Waals surface area contributed by atoms with Crippen molar-refractivity contribution in [1.29, 1.82) is 0 Å². The first kappa shape index (κ1) is 15.4. The van der Waals surface area contributed by atoms with Crippen LogP contribution >= 0.6 is 0 Å². The third-order valence-corrected chi connectivity index (χ3v) is 2.51. The van der Waals surface area contributed by atoms with Crippen LogP contribution in [0.1, 0.15) is 27.7 Å². The summed E-state index contributed by atoms with van der Waals surface area (Å²) in [5.41, 5.74) is 5.83. The van der Waals surface area contributed by atoms with Gasteiger partial charge in [-0.05, 0) is 25.4 Å². The minimum Gasteiger partial charge on any atom is -0.354 e. The van der Waals surface area contributed by atoms with Crippen molar-refractivity contribution in [2.75, 3.05) is 27.2 Å². The molecule has 0 bridgehead atoms. The van der Waals surface area contributed by atoms with Crippen molar-refractivity contribution in [1.82, 2.24) is 10.2 Å². The highest BCUT2D eigenvalue weighted by Crippen LogP contribution is 2.14. The molecule has 0 aromatic rings. The first-order chi connectivity index (χ1) is 7.15. The number of nitrogens with zero attached hydrogens (tertiary/aromatic N) is 1. The molecule has 3 N–H and O–H groups in total. The molecule has 96 valence electrons. The smallest absolute Gasteiger partial charge is 0.237 e. The molecule has 0 unspecified atom stereocenters. The van der Waals surface area contributed by atoms with Crippen LogP contribution in [0.2, 0.25) is 0 Å². The van der Waals surface area contributed by atoms with E-state index in [0.29, 0.717) is 6.54 Å². The zero-order valence-electron chi connectivity index (χ0n) is 11.5. The monoisotopic (exact) mass is 229 g/mol. The van der Waals surface area contributed by atoms with Crippen molar-refractivity contribution in [2.24, 2.45) is 17.1 Å². The Morgan fingerprint density at radius 1 is 1.38 bits per heavy atom. The Morgan fingerprint density at radius 2 is 1.88 bits per heavy atom. The van der Waals surface area contributed by atoms with E-state index >= 15 is 0 Å². The van der Waals surface area contributed by atoms with E-state index in [-0.39, 0.29) is 17.2 Å². The predicted molar refractivity (Wildman–Crippen MR) is 68.2 cm³/mol. The summed E-state index contributed by atoms with van der Waals surface area (Å²) in [6.45, 7) is 9.77. The van der Waals surface area contributed by atoms with Gasteiger partial charge in [0.25, 0.3) is 0 Å². The highest BCUT2D eigenvalue weighted by Gasteiger charge is 2.22. The number of amides is 1. The summed E-state index contributed by atoms with van der Waals surface area (Å²) in [5.74, 6) is 0.124. The maximum absolute atomic E-state index is 11.7. The van der Waals surface area contributed by atoms with Gasteiger partial charge in [0.1, 0.15) is 0 Å². The van der Waals surface area contributed by atoms with E-state index < -0.39 is 6.04 Å². The summed E-state index contributed by atoms with van der Waals surface area (Å²) in [5, 5.41) is 2.92. The molecule has 1 amide bonds. The summed E-state index contributed by atoms with van der Waals surface area (Å²) in [7, 11) is 4.06. The lowest BCUT2D eigenvalue weighted by Crippen LogP contribution is -2.48. The SMILES string of the molecule is CC(C)[C@H](N)C(=O)NCC(C)(C)CN(C)C. The molecule has 0 aliphatic carbocycles. The van der Waals surface area contributed by atoms with E-state index in [1.165, 1.54) is 0 Å². The van der Waals surface area contributed by atoms with Crippen molar-refractivity contribution >= 4 is 5.91 Å². The van der Waals surface area contributed by atoms with Crippen LogP contribution in [0.3, 0.4) is 0 Å². The Bertz CT molecular complexity index is 224. The molecule has 0 aromatic heterocycles. The molecule has 4 nitrogen and oxygen atoms in total. The number of nitrogens with one attached hydrogen (secondary N) is 1. The third kappa shape index (κ3) is 6.08. The molecule has 0 heterocycles. The molecular formula is C12H27N3O. The molecule has 0 saturated heterocycles. The van der Waals surface area contributed by atoms with E-state index in [9.17, 15) is 4.79 Å². The van der Waals surface area contributed by atoms with Crippen molar-refractivity contribution in [3.8, 4) is 0 Å². The van der Waals surface area contributed by atoms with E-state index in [1.54, 1.807) is 0 Å². The average Bonchev–Trinajstić information content (AvgIpc) is 2.10.